The number of aliphatic hydroxyl groups excluding tert-OH is 1. The summed E-state index contributed by atoms with van der Waals surface area (Å²) in [4.78, 5) is 4.15. The van der Waals surface area contributed by atoms with Gasteiger partial charge in [0.15, 0.2) is 0 Å². The van der Waals surface area contributed by atoms with Gasteiger partial charge in [0.05, 0.1) is 6.10 Å². The minimum Gasteiger partial charge on any atom is -0.388 e. The van der Waals surface area contributed by atoms with Crippen LogP contribution in [0.5, 0.6) is 0 Å². The molecule has 4 atom stereocenters. The maximum atomic E-state index is 10.5. The molecule has 1 aromatic rings. The van der Waals surface area contributed by atoms with Gasteiger partial charge in [-0.1, -0.05) is 6.42 Å². The highest BCUT2D eigenvalue weighted by atomic mass is 16.3. The number of hydrogen-bond donors (Lipinski definition) is 2. The number of aryl methyl sites for hydroxylation is 1. The van der Waals surface area contributed by atoms with Crippen LogP contribution in [0.15, 0.2) is 12.3 Å². The monoisotopic (exact) mass is 232 g/mol. The normalized spacial score (nSPS) is 32.9. The first-order chi connectivity index (χ1) is 8.15. The predicted octanol–water partition coefficient (Wildman–Crippen LogP) is 2.44. The van der Waals surface area contributed by atoms with Crippen molar-refractivity contribution in [1.29, 1.82) is 0 Å². The van der Waals surface area contributed by atoms with Crippen LogP contribution in [0.1, 0.15) is 42.9 Å². The molecule has 0 aromatic carbocycles. The molecule has 1 heterocycles. The number of anilines is 1. The van der Waals surface area contributed by atoms with Gasteiger partial charge in [0.25, 0.3) is 0 Å². The van der Waals surface area contributed by atoms with Crippen molar-refractivity contribution in [1.82, 2.24) is 4.98 Å². The van der Waals surface area contributed by atoms with Gasteiger partial charge in [0, 0.05) is 11.8 Å². The van der Waals surface area contributed by atoms with Crippen molar-refractivity contribution in [3.63, 3.8) is 0 Å². The summed E-state index contributed by atoms with van der Waals surface area (Å²) in [5.74, 6) is 2.44. The molecule has 2 bridgehead atoms. The van der Waals surface area contributed by atoms with Gasteiger partial charge in [-0.3, -0.25) is 0 Å². The van der Waals surface area contributed by atoms with E-state index >= 15 is 0 Å². The van der Waals surface area contributed by atoms with Crippen LogP contribution in [0, 0.1) is 24.7 Å². The van der Waals surface area contributed by atoms with Crippen LogP contribution in [0.4, 0.5) is 5.82 Å². The van der Waals surface area contributed by atoms with Crippen molar-refractivity contribution in [2.45, 2.75) is 38.7 Å². The first kappa shape index (κ1) is 11.0. The quantitative estimate of drug-likeness (QED) is 0.823. The Labute approximate surface area is 102 Å². The van der Waals surface area contributed by atoms with Crippen LogP contribution >= 0.6 is 0 Å². The lowest BCUT2D eigenvalue weighted by molar-refractivity contribution is 0.0748. The molecule has 0 spiro atoms. The number of hydrogen-bond acceptors (Lipinski definition) is 3. The number of fused-ring (bicyclic) bond motifs is 2. The lowest BCUT2D eigenvalue weighted by Gasteiger charge is -2.27. The molecule has 3 heteroatoms. The Hall–Kier alpha value is -1.09. The summed E-state index contributed by atoms with van der Waals surface area (Å²) in [5.41, 5.74) is 7.79. The molecule has 92 valence electrons. The van der Waals surface area contributed by atoms with Gasteiger partial charge in [0.2, 0.25) is 0 Å². The molecule has 2 fully saturated rings. The Bertz CT molecular complexity index is 432. The van der Waals surface area contributed by atoms with E-state index in [2.05, 4.69) is 4.98 Å². The minimum absolute atomic E-state index is 0.402. The molecule has 0 radical (unpaired) electrons. The Balaban J connectivity index is 1.86. The zero-order chi connectivity index (χ0) is 12.0. The summed E-state index contributed by atoms with van der Waals surface area (Å²) in [6, 6.07) is 1.99. The molecular weight excluding hydrogens is 212 g/mol. The van der Waals surface area contributed by atoms with E-state index < -0.39 is 6.10 Å². The lowest BCUT2D eigenvalue weighted by atomic mass is 9.82. The van der Waals surface area contributed by atoms with Crippen molar-refractivity contribution in [2.75, 3.05) is 5.73 Å². The summed E-state index contributed by atoms with van der Waals surface area (Å²) in [5, 5.41) is 10.5. The van der Waals surface area contributed by atoms with E-state index in [1.807, 2.05) is 13.0 Å². The van der Waals surface area contributed by atoms with Gasteiger partial charge >= 0.3 is 0 Å². The number of pyridine rings is 1. The maximum absolute atomic E-state index is 10.5. The van der Waals surface area contributed by atoms with Crippen LogP contribution in [0.25, 0.3) is 0 Å². The van der Waals surface area contributed by atoms with Gasteiger partial charge in [-0.2, -0.15) is 0 Å². The van der Waals surface area contributed by atoms with Crippen LogP contribution in [-0.4, -0.2) is 10.1 Å². The van der Waals surface area contributed by atoms with E-state index in [-0.39, 0.29) is 0 Å². The van der Waals surface area contributed by atoms with Crippen LogP contribution in [0.2, 0.25) is 0 Å². The number of nitrogen functional groups attached to an aromatic ring is 1. The summed E-state index contributed by atoms with van der Waals surface area (Å²) in [6.07, 6.45) is 6.45. The molecular formula is C14H20N2O. The summed E-state index contributed by atoms with van der Waals surface area (Å²) in [7, 11) is 0. The van der Waals surface area contributed by atoms with Gasteiger partial charge in [0.1, 0.15) is 5.82 Å². The Morgan fingerprint density at radius 2 is 2.24 bits per heavy atom. The van der Waals surface area contributed by atoms with E-state index in [0.717, 1.165) is 17.0 Å². The minimum atomic E-state index is -0.419. The molecule has 2 aliphatic rings. The van der Waals surface area contributed by atoms with Crippen molar-refractivity contribution in [3.05, 3.63) is 23.4 Å². The smallest absolute Gasteiger partial charge is 0.129 e. The number of nitrogens with two attached hydrogens (primary N) is 1. The van der Waals surface area contributed by atoms with Crippen molar-refractivity contribution in [3.8, 4) is 0 Å². The van der Waals surface area contributed by atoms with E-state index in [0.29, 0.717) is 17.7 Å². The molecule has 2 aliphatic carbocycles. The number of nitrogens with zero attached hydrogens (tertiary/aromatic N) is 1. The highest BCUT2D eigenvalue weighted by Crippen LogP contribution is 2.52. The third kappa shape index (κ3) is 1.82. The largest absolute Gasteiger partial charge is 0.388 e. The van der Waals surface area contributed by atoms with Crippen molar-refractivity contribution in [2.24, 2.45) is 17.8 Å². The van der Waals surface area contributed by atoms with Crippen molar-refractivity contribution < 1.29 is 5.11 Å². The van der Waals surface area contributed by atoms with Crippen LogP contribution < -0.4 is 5.73 Å². The summed E-state index contributed by atoms with van der Waals surface area (Å²) < 4.78 is 0. The standard InChI is InChI=1S/C14H20N2O/c1-8-4-12(14(15)16-7-8)13(17)11-6-9-2-3-10(11)5-9/h4,7,9-11,13,17H,2-3,5-6H2,1H3,(H2,15,16). The Morgan fingerprint density at radius 3 is 2.88 bits per heavy atom. The Kier molecular flexibility index (Phi) is 2.58. The molecule has 0 amide bonds. The first-order valence-corrected chi connectivity index (χ1v) is 6.55. The third-order valence-electron chi connectivity index (χ3n) is 4.60. The van der Waals surface area contributed by atoms with Crippen LogP contribution in [0.3, 0.4) is 0 Å². The summed E-state index contributed by atoms with van der Waals surface area (Å²) in [6.45, 7) is 1.99. The number of rotatable bonds is 2. The topological polar surface area (TPSA) is 59.1 Å². The highest BCUT2D eigenvalue weighted by molar-refractivity contribution is 5.42. The van der Waals surface area contributed by atoms with E-state index in [9.17, 15) is 5.11 Å². The SMILES string of the molecule is Cc1cnc(N)c(C(O)C2CC3CCC2C3)c1. The van der Waals surface area contributed by atoms with Gasteiger partial charge in [-0.15, -0.1) is 0 Å². The van der Waals surface area contributed by atoms with E-state index in [1.165, 1.54) is 25.7 Å². The maximum Gasteiger partial charge on any atom is 0.129 e. The fourth-order valence-electron chi connectivity index (χ4n) is 3.75. The number of aromatic nitrogens is 1. The number of aliphatic hydroxyl groups is 1. The third-order valence-corrected chi connectivity index (χ3v) is 4.60. The molecule has 1 aromatic heterocycles. The van der Waals surface area contributed by atoms with Gasteiger partial charge < -0.3 is 10.8 Å². The second-order valence-electron chi connectivity index (χ2n) is 5.77. The van der Waals surface area contributed by atoms with Crippen molar-refractivity contribution >= 4 is 5.82 Å². The molecule has 3 N–H and O–H groups in total. The van der Waals surface area contributed by atoms with Crippen LogP contribution in [-0.2, 0) is 0 Å². The molecule has 2 saturated carbocycles. The fraction of sp³-hybridized carbons (Fsp3) is 0.643. The molecule has 0 aliphatic heterocycles. The van der Waals surface area contributed by atoms with E-state index in [4.69, 9.17) is 5.73 Å². The average Bonchev–Trinajstić information content (AvgIpc) is 2.93. The second kappa shape index (κ2) is 3.98. The predicted molar refractivity (Wildman–Crippen MR) is 67.3 cm³/mol. The van der Waals surface area contributed by atoms with Gasteiger partial charge in [-0.05, 0) is 55.6 Å². The summed E-state index contributed by atoms with van der Waals surface area (Å²) >= 11 is 0. The molecule has 3 nitrogen and oxygen atoms in total. The first-order valence-electron chi connectivity index (χ1n) is 6.55. The fourth-order valence-corrected chi connectivity index (χ4v) is 3.75. The van der Waals surface area contributed by atoms with Gasteiger partial charge in [-0.25, -0.2) is 4.98 Å². The zero-order valence-corrected chi connectivity index (χ0v) is 10.3. The zero-order valence-electron chi connectivity index (χ0n) is 10.3. The molecule has 17 heavy (non-hydrogen) atoms. The molecule has 4 unspecified atom stereocenters. The highest BCUT2D eigenvalue weighted by Gasteiger charge is 2.43. The Morgan fingerprint density at radius 1 is 1.41 bits per heavy atom. The molecule has 0 saturated heterocycles. The average molecular weight is 232 g/mol. The molecule has 3 rings (SSSR count). The lowest BCUT2D eigenvalue weighted by Crippen LogP contribution is -2.20. The second-order valence-corrected chi connectivity index (χ2v) is 5.77. The van der Waals surface area contributed by atoms with E-state index in [1.54, 1.807) is 6.20 Å².